The van der Waals surface area contributed by atoms with Gasteiger partial charge in [-0.2, -0.15) is 0 Å². The highest BCUT2D eigenvalue weighted by atomic mass is 16.5. The van der Waals surface area contributed by atoms with Gasteiger partial charge in [0.2, 0.25) is 5.91 Å². The van der Waals surface area contributed by atoms with E-state index in [9.17, 15) is 19.5 Å². The van der Waals surface area contributed by atoms with Gasteiger partial charge in [-0.15, -0.1) is 0 Å². The number of ether oxygens (including phenoxy) is 1. The number of carbonyl (C=O) groups is 3. The van der Waals surface area contributed by atoms with Gasteiger partial charge in [0, 0.05) is 25.2 Å². The number of rotatable bonds is 11. The SMILES string of the molecule is CN(Cc1ccccc1)CC(NC(=O)OCC1c2ccccc2-c2ccccc21)C(=O)NCc1cc(C(=O)O)ccn1. The third kappa shape index (κ3) is 6.82. The minimum atomic E-state index is -1.08. The van der Waals surface area contributed by atoms with Gasteiger partial charge in [-0.1, -0.05) is 78.9 Å². The molecule has 0 saturated heterocycles. The van der Waals surface area contributed by atoms with Crippen molar-refractivity contribution in [1.82, 2.24) is 20.5 Å². The summed E-state index contributed by atoms with van der Waals surface area (Å²) in [6, 6.07) is 27.8. The molecule has 0 fully saturated rings. The molecule has 0 saturated carbocycles. The molecule has 1 atom stereocenters. The number of benzene rings is 3. The Bertz CT molecular complexity index is 1530. The Labute approximate surface area is 244 Å². The van der Waals surface area contributed by atoms with Crippen LogP contribution in [0.1, 0.15) is 38.7 Å². The predicted molar refractivity (Wildman–Crippen MR) is 158 cm³/mol. The number of nitrogens with zero attached hydrogens (tertiary/aromatic N) is 2. The van der Waals surface area contributed by atoms with Gasteiger partial charge in [0.15, 0.2) is 0 Å². The van der Waals surface area contributed by atoms with Crippen molar-refractivity contribution in [3.05, 3.63) is 125 Å². The molecular weight excluding hydrogens is 532 g/mol. The lowest BCUT2D eigenvalue weighted by Crippen LogP contribution is -2.52. The zero-order chi connectivity index (χ0) is 29.5. The van der Waals surface area contributed by atoms with E-state index in [2.05, 4.69) is 27.8 Å². The van der Waals surface area contributed by atoms with Crippen molar-refractivity contribution in [2.24, 2.45) is 0 Å². The molecule has 4 aromatic rings. The van der Waals surface area contributed by atoms with E-state index in [1.807, 2.05) is 78.7 Å². The molecule has 0 aliphatic heterocycles. The van der Waals surface area contributed by atoms with Crippen LogP contribution in [0.2, 0.25) is 0 Å². The number of hydrogen-bond donors (Lipinski definition) is 3. The minimum absolute atomic E-state index is 0.00518. The molecule has 1 unspecified atom stereocenters. The Kier molecular flexibility index (Phi) is 8.89. The number of amides is 2. The molecule has 42 heavy (non-hydrogen) atoms. The van der Waals surface area contributed by atoms with Crippen LogP contribution in [0.5, 0.6) is 0 Å². The molecule has 2 amide bonds. The van der Waals surface area contributed by atoms with Gasteiger partial charge in [0.25, 0.3) is 0 Å². The monoisotopic (exact) mass is 564 g/mol. The Balaban J connectivity index is 1.25. The van der Waals surface area contributed by atoms with Gasteiger partial charge in [0.05, 0.1) is 17.8 Å². The molecule has 1 aliphatic carbocycles. The zero-order valence-corrected chi connectivity index (χ0v) is 23.2. The van der Waals surface area contributed by atoms with Crippen molar-refractivity contribution in [2.75, 3.05) is 20.2 Å². The van der Waals surface area contributed by atoms with E-state index in [1.54, 1.807) is 0 Å². The van der Waals surface area contributed by atoms with Gasteiger partial charge in [-0.3, -0.25) is 14.7 Å². The number of fused-ring (bicyclic) bond motifs is 3. The molecule has 0 bridgehead atoms. The first-order chi connectivity index (χ1) is 20.4. The second kappa shape index (κ2) is 13.1. The Morgan fingerprint density at radius 1 is 0.929 bits per heavy atom. The summed E-state index contributed by atoms with van der Waals surface area (Å²) in [7, 11) is 1.87. The molecule has 1 heterocycles. The smallest absolute Gasteiger partial charge is 0.407 e. The van der Waals surface area contributed by atoms with Crippen molar-refractivity contribution in [1.29, 1.82) is 0 Å². The third-order valence-corrected chi connectivity index (χ3v) is 7.25. The second-order valence-corrected chi connectivity index (χ2v) is 10.3. The van der Waals surface area contributed by atoms with E-state index in [1.165, 1.54) is 18.3 Å². The minimum Gasteiger partial charge on any atom is -0.478 e. The van der Waals surface area contributed by atoms with E-state index in [4.69, 9.17) is 4.74 Å². The quantitative estimate of drug-likeness (QED) is 0.246. The van der Waals surface area contributed by atoms with Crippen LogP contribution in [0.4, 0.5) is 4.79 Å². The maximum Gasteiger partial charge on any atom is 0.407 e. The van der Waals surface area contributed by atoms with Crippen LogP contribution in [0.15, 0.2) is 97.2 Å². The number of hydrogen-bond acceptors (Lipinski definition) is 6. The summed E-state index contributed by atoms with van der Waals surface area (Å²) >= 11 is 0. The van der Waals surface area contributed by atoms with Crippen LogP contribution >= 0.6 is 0 Å². The lowest BCUT2D eigenvalue weighted by atomic mass is 9.98. The first kappa shape index (κ1) is 28.5. The van der Waals surface area contributed by atoms with Crippen LogP contribution in [0.25, 0.3) is 11.1 Å². The van der Waals surface area contributed by atoms with Gasteiger partial charge in [-0.05, 0) is 47.0 Å². The molecule has 9 heteroatoms. The highest BCUT2D eigenvalue weighted by Gasteiger charge is 2.30. The summed E-state index contributed by atoms with van der Waals surface area (Å²) in [5, 5.41) is 14.8. The summed E-state index contributed by atoms with van der Waals surface area (Å²) in [5.74, 6) is -1.63. The topological polar surface area (TPSA) is 121 Å². The van der Waals surface area contributed by atoms with Crippen LogP contribution in [-0.4, -0.2) is 59.2 Å². The van der Waals surface area contributed by atoms with E-state index >= 15 is 0 Å². The van der Waals surface area contributed by atoms with Crippen molar-refractivity contribution >= 4 is 18.0 Å². The Morgan fingerprint density at radius 3 is 2.24 bits per heavy atom. The van der Waals surface area contributed by atoms with Crippen molar-refractivity contribution in [3.63, 3.8) is 0 Å². The molecule has 3 aromatic carbocycles. The first-order valence-electron chi connectivity index (χ1n) is 13.7. The number of alkyl carbamates (subject to hydrolysis) is 1. The van der Waals surface area contributed by atoms with E-state index in [-0.39, 0.29) is 31.2 Å². The number of aromatic nitrogens is 1. The van der Waals surface area contributed by atoms with Crippen LogP contribution < -0.4 is 10.6 Å². The average molecular weight is 565 g/mol. The molecule has 1 aliphatic rings. The standard InChI is InChI=1S/C33H32N4O5/c1-37(19-22-9-3-2-4-10-22)20-30(31(38)35-18-24-17-23(32(39)40)15-16-34-24)36-33(41)42-21-29-27-13-7-5-11-25(27)26-12-6-8-14-28(26)29/h2-17,29-30H,18-21H2,1H3,(H,35,38)(H,36,41)(H,39,40). The lowest BCUT2D eigenvalue weighted by molar-refractivity contribution is -0.123. The number of aromatic carboxylic acids is 1. The molecule has 0 spiro atoms. The van der Waals surface area contributed by atoms with Crippen LogP contribution in [0.3, 0.4) is 0 Å². The third-order valence-electron chi connectivity index (χ3n) is 7.25. The molecule has 5 rings (SSSR count). The van der Waals surface area contributed by atoms with Gasteiger partial charge >= 0.3 is 12.1 Å². The van der Waals surface area contributed by atoms with Gasteiger partial charge in [-0.25, -0.2) is 9.59 Å². The zero-order valence-electron chi connectivity index (χ0n) is 23.2. The fourth-order valence-electron chi connectivity index (χ4n) is 5.26. The maximum absolute atomic E-state index is 13.3. The fourth-order valence-corrected chi connectivity index (χ4v) is 5.26. The number of carboxylic acid groups (broad SMARTS) is 1. The predicted octanol–water partition coefficient (Wildman–Crippen LogP) is 4.44. The highest BCUT2D eigenvalue weighted by molar-refractivity contribution is 5.88. The second-order valence-electron chi connectivity index (χ2n) is 10.3. The molecule has 214 valence electrons. The maximum atomic E-state index is 13.3. The van der Waals surface area contributed by atoms with Crippen molar-refractivity contribution in [3.8, 4) is 11.1 Å². The Hall–Kier alpha value is -5.02. The molecular formula is C33H32N4O5. The number of pyridine rings is 1. The summed E-state index contributed by atoms with van der Waals surface area (Å²) in [5.41, 5.74) is 5.98. The molecule has 9 nitrogen and oxygen atoms in total. The van der Waals surface area contributed by atoms with E-state index in [0.29, 0.717) is 12.2 Å². The average Bonchev–Trinajstić information content (AvgIpc) is 3.32. The molecule has 0 radical (unpaired) electrons. The summed E-state index contributed by atoms with van der Waals surface area (Å²) in [4.78, 5) is 43.7. The number of carbonyl (C=O) groups excluding carboxylic acids is 2. The largest absolute Gasteiger partial charge is 0.478 e. The van der Waals surface area contributed by atoms with Gasteiger partial charge in [0.1, 0.15) is 12.6 Å². The first-order valence-corrected chi connectivity index (χ1v) is 13.7. The van der Waals surface area contributed by atoms with Crippen LogP contribution in [-0.2, 0) is 22.6 Å². The van der Waals surface area contributed by atoms with E-state index < -0.39 is 24.0 Å². The fraction of sp³-hybridized carbons (Fsp3) is 0.212. The van der Waals surface area contributed by atoms with Crippen LogP contribution in [0, 0.1) is 0 Å². The van der Waals surface area contributed by atoms with Crippen molar-refractivity contribution in [2.45, 2.75) is 25.0 Å². The summed E-state index contributed by atoms with van der Waals surface area (Å²) < 4.78 is 5.70. The summed E-state index contributed by atoms with van der Waals surface area (Å²) in [6.07, 6.45) is 0.682. The lowest BCUT2D eigenvalue weighted by Gasteiger charge is -2.24. The highest BCUT2D eigenvalue weighted by Crippen LogP contribution is 2.44. The summed E-state index contributed by atoms with van der Waals surface area (Å²) in [6.45, 7) is 0.915. The van der Waals surface area contributed by atoms with E-state index in [0.717, 1.165) is 27.8 Å². The molecule has 3 N–H and O–H groups in total. The number of carboxylic acids is 1. The van der Waals surface area contributed by atoms with Gasteiger partial charge < -0.3 is 20.5 Å². The Morgan fingerprint density at radius 2 is 1.57 bits per heavy atom. The normalized spacial score (nSPS) is 12.7. The number of likely N-dealkylation sites (N-methyl/N-ethyl adjacent to an activating group) is 1. The van der Waals surface area contributed by atoms with Crippen molar-refractivity contribution < 1.29 is 24.2 Å². The number of nitrogens with one attached hydrogen (secondary N) is 2. The molecule has 1 aromatic heterocycles.